The number of benzene rings is 1. The van der Waals surface area contributed by atoms with E-state index in [-0.39, 0.29) is 23.9 Å². The van der Waals surface area contributed by atoms with Crippen molar-refractivity contribution in [3.63, 3.8) is 0 Å². The molecule has 8 heteroatoms. The number of amides is 3. The number of nitrogens with zero attached hydrogens (tertiary/aromatic N) is 4. The maximum absolute atomic E-state index is 12.8. The van der Waals surface area contributed by atoms with Crippen molar-refractivity contribution in [1.82, 2.24) is 10.2 Å². The predicted octanol–water partition coefficient (Wildman–Crippen LogP) is 2.86. The van der Waals surface area contributed by atoms with Gasteiger partial charge in [-0.15, -0.1) is 11.8 Å². The van der Waals surface area contributed by atoms with E-state index in [1.807, 2.05) is 30.5 Å². The minimum absolute atomic E-state index is 0.00762. The number of urea groups is 1. The fourth-order valence-electron chi connectivity index (χ4n) is 3.60. The van der Waals surface area contributed by atoms with E-state index in [2.05, 4.69) is 20.3 Å². The molecule has 3 aliphatic rings. The number of rotatable bonds is 4. The molecule has 4 rings (SSSR count). The molecule has 140 valence electrons. The highest BCUT2D eigenvalue weighted by Gasteiger charge is 2.43. The van der Waals surface area contributed by atoms with Gasteiger partial charge in [0.05, 0.1) is 6.54 Å². The van der Waals surface area contributed by atoms with Crippen LogP contribution in [0.2, 0.25) is 0 Å². The molecule has 3 amide bonds. The lowest BCUT2D eigenvalue weighted by molar-refractivity contribution is -0.130. The van der Waals surface area contributed by atoms with Crippen LogP contribution in [0, 0.1) is 5.92 Å². The summed E-state index contributed by atoms with van der Waals surface area (Å²) in [4.78, 5) is 40.7. The molecule has 1 atom stereocenters. The molecule has 1 saturated heterocycles. The Kier molecular flexibility index (Phi) is 5.07. The number of hydrogen-bond acceptors (Lipinski definition) is 4. The first kappa shape index (κ1) is 17.9. The van der Waals surface area contributed by atoms with Gasteiger partial charge in [0.15, 0.2) is 0 Å². The average Bonchev–Trinajstić information content (AvgIpc) is 3.21. The first-order chi connectivity index (χ1) is 13.2. The van der Waals surface area contributed by atoms with Crippen molar-refractivity contribution < 1.29 is 9.59 Å². The second-order valence-corrected chi connectivity index (χ2v) is 7.67. The third-order valence-corrected chi connectivity index (χ3v) is 5.81. The summed E-state index contributed by atoms with van der Waals surface area (Å²) in [5.41, 5.74) is 1.05. The summed E-state index contributed by atoms with van der Waals surface area (Å²) in [6.45, 7) is 0.443. The van der Waals surface area contributed by atoms with Crippen LogP contribution in [-0.4, -0.2) is 47.1 Å². The van der Waals surface area contributed by atoms with Gasteiger partial charge in [-0.25, -0.2) is 14.8 Å². The number of fused-ring (bicyclic) bond motifs is 1. The van der Waals surface area contributed by atoms with Crippen molar-refractivity contribution in [1.29, 1.82) is 0 Å². The van der Waals surface area contributed by atoms with Crippen LogP contribution in [0.3, 0.4) is 0 Å². The summed E-state index contributed by atoms with van der Waals surface area (Å²) in [6.07, 6.45) is 7.43. The number of carbonyl (C=O) groups is 2. The highest BCUT2D eigenvalue weighted by molar-refractivity contribution is 7.98. The van der Waals surface area contributed by atoms with E-state index in [1.165, 1.54) is 9.80 Å². The van der Waals surface area contributed by atoms with Gasteiger partial charge < -0.3 is 0 Å². The Morgan fingerprint density at radius 2 is 1.96 bits per heavy atom. The number of hydrogen-bond donors (Lipinski definition) is 1. The number of imide groups is 1. The molecule has 7 nitrogen and oxygen atoms in total. The van der Waals surface area contributed by atoms with Crippen molar-refractivity contribution >= 4 is 41.7 Å². The van der Waals surface area contributed by atoms with Gasteiger partial charge in [0, 0.05) is 17.2 Å². The van der Waals surface area contributed by atoms with Gasteiger partial charge in [0.2, 0.25) is 11.9 Å². The summed E-state index contributed by atoms with van der Waals surface area (Å²) in [5, 5.41) is 2.76. The number of nitrogens with one attached hydrogen (secondary N) is 1. The average molecular weight is 383 g/mol. The van der Waals surface area contributed by atoms with E-state index in [1.54, 1.807) is 18.0 Å². The molecule has 1 aliphatic carbocycles. The molecule has 27 heavy (non-hydrogen) atoms. The Hall–Kier alpha value is -2.48. The van der Waals surface area contributed by atoms with E-state index >= 15 is 0 Å². The Morgan fingerprint density at radius 1 is 1.22 bits per heavy atom. The van der Waals surface area contributed by atoms with Crippen LogP contribution in [0.15, 0.2) is 44.1 Å². The zero-order valence-corrected chi connectivity index (χ0v) is 15.9. The lowest BCUT2D eigenvalue weighted by Gasteiger charge is -2.35. The Labute approximate surface area is 162 Å². The lowest BCUT2D eigenvalue weighted by atomic mass is 10.0. The smallest absolute Gasteiger partial charge is 0.294 e. The zero-order valence-electron chi connectivity index (χ0n) is 15.1. The quantitative estimate of drug-likeness (QED) is 0.811. The maximum Gasteiger partial charge on any atom is 0.329 e. The number of carbonyl (C=O) groups excluding carboxylic acids is 2. The lowest BCUT2D eigenvalue weighted by Crippen LogP contribution is -2.61. The van der Waals surface area contributed by atoms with Gasteiger partial charge in [0.1, 0.15) is 11.8 Å². The summed E-state index contributed by atoms with van der Waals surface area (Å²) in [5.74, 6) is -0.258. The molecule has 1 aromatic rings. The van der Waals surface area contributed by atoms with Crippen molar-refractivity contribution in [2.45, 2.75) is 43.2 Å². The van der Waals surface area contributed by atoms with Crippen molar-refractivity contribution in [3.8, 4) is 0 Å². The van der Waals surface area contributed by atoms with E-state index in [4.69, 9.17) is 0 Å². The summed E-state index contributed by atoms with van der Waals surface area (Å²) in [6, 6.07) is 7.73. The topological polar surface area (TPSA) is 86.5 Å². The van der Waals surface area contributed by atoms with Gasteiger partial charge in [-0.1, -0.05) is 25.0 Å². The van der Waals surface area contributed by atoms with Crippen LogP contribution in [0.1, 0.15) is 31.2 Å². The van der Waals surface area contributed by atoms with Crippen LogP contribution in [0.4, 0.5) is 4.79 Å². The van der Waals surface area contributed by atoms with Crippen molar-refractivity contribution in [2.24, 2.45) is 20.9 Å². The van der Waals surface area contributed by atoms with Crippen LogP contribution in [0.5, 0.6) is 0 Å². The first-order valence-electron chi connectivity index (χ1n) is 9.10. The molecule has 0 radical (unpaired) electrons. The Balaban J connectivity index is 1.47. The maximum atomic E-state index is 12.8. The summed E-state index contributed by atoms with van der Waals surface area (Å²) < 4.78 is 0. The fraction of sp³-hybridized carbons (Fsp3) is 0.421. The molecular weight excluding hydrogens is 362 g/mol. The largest absolute Gasteiger partial charge is 0.329 e. The second-order valence-electron chi connectivity index (χ2n) is 6.79. The standard InChI is InChI=1S/C19H21N5O2S/c1-27-14-8-6-12(7-9-14)10-20-18-21-11-15-16(22-18)23-19(26)24(17(15)25)13-4-2-3-5-13/h6-9,11,13,15H,2-5,10H2,1H3,(H,20,22,23,26). The monoisotopic (exact) mass is 383 g/mol. The van der Waals surface area contributed by atoms with E-state index in [0.29, 0.717) is 12.4 Å². The number of amidine groups is 1. The number of thioether (sulfide) groups is 1. The third kappa shape index (κ3) is 3.66. The van der Waals surface area contributed by atoms with Gasteiger partial charge in [-0.2, -0.15) is 4.99 Å². The highest BCUT2D eigenvalue weighted by Crippen LogP contribution is 2.27. The predicted molar refractivity (Wildman–Crippen MR) is 106 cm³/mol. The van der Waals surface area contributed by atoms with Gasteiger partial charge in [-0.3, -0.25) is 15.0 Å². The van der Waals surface area contributed by atoms with Gasteiger partial charge >= 0.3 is 6.03 Å². The Bertz CT molecular complexity index is 840. The highest BCUT2D eigenvalue weighted by atomic mass is 32.2. The molecule has 1 N–H and O–H groups in total. The van der Waals surface area contributed by atoms with Crippen LogP contribution >= 0.6 is 11.8 Å². The van der Waals surface area contributed by atoms with Crippen LogP contribution in [0.25, 0.3) is 0 Å². The molecule has 0 bridgehead atoms. The van der Waals surface area contributed by atoms with E-state index in [0.717, 1.165) is 31.2 Å². The van der Waals surface area contributed by atoms with Crippen LogP contribution in [-0.2, 0) is 11.3 Å². The van der Waals surface area contributed by atoms with Crippen LogP contribution < -0.4 is 5.32 Å². The fourth-order valence-corrected chi connectivity index (χ4v) is 4.01. The van der Waals surface area contributed by atoms with E-state index in [9.17, 15) is 9.59 Å². The normalized spacial score (nSPS) is 24.2. The third-order valence-electron chi connectivity index (χ3n) is 5.06. The molecular formula is C19H21N5O2S. The SMILES string of the molecule is CSc1ccc(CN=C2N=CC3C(=O)N(C4CCCC4)C(=O)NC3=N2)cc1. The van der Waals surface area contributed by atoms with Gasteiger partial charge in [0.25, 0.3) is 0 Å². The number of guanidine groups is 1. The van der Waals surface area contributed by atoms with Crippen molar-refractivity contribution in [3.05, 3.63) is 29.8 Å². The molecule has 0 aromatic heterocycles. The molecule has 0 spiro atoms. The zero-order chi connectivity index (χ0) is 18.8. The molecule has 2 aliphatic heterocycles. The van der Waals surface area contributed by atoms with E-state index < -0.39 is 5.92 Å². The van der Waals surface area contributed by atoms with Gasteiger partial charge in [-0.05, 0) is 36.8 Å². The molecule has 2 heterocycles. The molecule has 2 fully saturated rings. The summed E-state index contributed by atoms with van der Waals surface area (Å²) >= 11 is 1.69. The molecule has 1 aromatic carbocycles. The Morgan fingerprint density at radius 3 is 2.67 bits per heavy atom. The minimum Gasteiger partial charge on any atom is -0.294 e. The number of aliphatic imine (C=N–C) groups is 3. The van der Waals surface area contributed by atoms with Crippen molar-refractivity contribution in [2.75, 3.05) is 6.26 Å². The minimum atomic E-state index is -0.622. The summed E-state index contributed by atoms with van der Waals surface area (Å²) in [7, 11) is 0. The second kappa shape index (κ2) is 7.64. The molecule has 1 unspecified atom stereocenters. The first-order valence-corrected chi connectivity index (χ1v) is 10.3. The molecule has 1 saturated carbocycles.